The van der Waals surface area contributed by atoms with Crippen LogP contribution in [-0.4, -0.2) is 63.4 Å². The van der Waals surface area contributed by atoms with Crippen LogP contribution in [0.15, 0.2) is 60.2 Å². The second-order valence-corrected chi connectivity index (χ2v) is 8.34. The number of hydrogen-bond donors (Lipinski definition) is 0. The number of aromatic nitrogens is 1. The zero-order valence-corrected chi connectivity index (χ0v) is 19.7. The van der Waals surface area contributed by atoms with Gasteiger partial charge in [0.1, 0.15) is 10.9 Å². The van der Waals surface area contributed by atoms with Crippen LogP contribution in [0, 0.1) is 10.1 Å². The van der Waals surface area contributed by atoms with Gasteiger partial charge in [0.2, 0.25) is 0 Å². The summed E-state index contributed by atoms with van der Waals surface area (Å²) in [5, 5.41) is 12.4. The molecule has 0 fully saturated rings. The maximum Gasteiger partial charge on any atom is 0.312 e. The van der Waals surface area contributed by atoms with E-state index in [1.807, 2.05) is 47.7 Å². The van der Waals surface area contributed by atoms with Gasteiger partial charge in [0.05, 0.1) is 24.6 Å². The molecular weight excluding hydrogens is 446 g/mol. The average molecular weight is 474 g/mol. The van der Waals surface area contributed by atoms with Crippen LogP contribution in [0.25, 0.3) is 0 Å². The molecule has 0 aliphatic carbocycles. The molecule has 2 heterocycles. The third kappa shape index (κ3) is 6.43. The highest BCUT2D eigenvalue weighted by Crippen LogP contribution is 2.25. The van der Waals surface area contributed by atoms with E-state index in [1.165, 1.54) is 0 Å². The first-order chi connectivity index (χ1) is 15.8. The smallest absolute Gasteiger partial charge is 0.312 e. The van der Waals surface area contributed by atoms with Gasteiger partial charge < -0.3 is 14.5 Å². The van der Waals surface area contributed by atoms with E-state index >= 15 is 0 Å². The fourth-order valence-corrected chi connectivity index (χ4v) is 3.93. The number of nitrogens with zero attached hydrogens (tertiary/aromatic N) is 5. The Morgan fingerprint density at radius 1 is 1.30 bits per heavy atom. The minimum Gasteiger partial charge on any atom is -0.426 e. The zero-order chi connectivity index (χ0) is 24.0. The quantitative estimate of drug-likeness (QED) is 0.179. The molecular formula is C23H28ClN5O4. The standard InChI is InChI=1S/C23H28ClN5O4/c1-4-27(14-18-10-11-21(24)25-13-18)23-20(29(31)32)15-28(16-26(23)3)17(2)12-22(30)33-19-8-6-5-7-9-19/h5-11,13,17H,4,12,14-16H2,1-3H3. The Balaban J connectivity index is 1.73. The summed E-state index contributed by atoms with van der Waals surface area (Å²) in [5.74, 6) is 0.667. The van der Waals surface area contributed by atoms with Crippen LogP contribution >= 0.6 is 11.6 Å². The molecule has 0 bridgehead atoms. The molecule has 1 atom stereocenters. The van der Waals surface area contributed by atoms with Gasteiger partial charge in [-0.15, -0.1) is 0 Å². The Kier molecular flexibility index (Phi) is 8.24. The summed E-state index contributed by atoms with van der Waals surface area (Å²) in [6.45, 7) is 5.45. The predicted molar refractivity (Wildman–Crippen MR) is 125 cm³/mol. The summed E-state index contributed by atoms with van der Waals surface area (Å²) >= 11 is 5.88. The Bertz CT molecular complexity index is 1000. The van der Waals surface area contributed by atoms with Crippen LogP contribution < -0.4 is 4.74 Å². The van der Waals surface area contributed by atoms with Gasteiger partial charge in [-0.3, -0.25) is 19.8 Å². The van der Waals surface area contributed by atoms with E-state index < -0.39 is 0 Å². The van der Waals surface area contributed by atoms with E-state index in [1.54, 1.807) is 36.5 Å². The summed E-state index contributed by atoms with van der Waals surface area (Å²) in [5.41, 5.74) is 1.00. The Labute approximate surface area is 198 Å². The highest BCUT2D eigenvalue weighted by atomic mass is 35.5. The number of ether oxygens (including phenoxy) is 1. The van der Waals surface area contributed by atoms with Gasteiger partial charge in [0.25, 0.3) is 5.70 Å². The minimum atomic E-state index is -0.376. The fourth-order valence-electron chi connectivity index (χ4n) is 3.82. The molecule has 1 aliphatic rings. The molecule has 10 heteroatoms. The van der Waals surface area contributed by atoms with Gasteiger partial charge >= 0.3 is 5.97 Å². The van der Waals surface area contributed by atoms with Crippen molar-refractivity contribution in [3.05, 3.63) is 81.0 Å². The molecule has 0 N–H and O–H groups in total. The lowest BCUT2D eigenvalue weighted by molar-refractivity contribution is -0.434. The molecule has 3 rings (SSSR count). The Morgan fingerprint density at radius 3 is 2.64 bits per heavy atom. The van der Waals surface area contributed by atoms with Crippen LogP contribution in [-0.2, 0) is 11.3 Å². The number of carbonyl (C=O) groups is 1. The van der Waals surface area contributed by atoms with Crippen LogP contribution in [0.4, 0.5) is 0 Å². The van der Waals surface area contributed by atoms with Crippen LogP contribution in [0.2, 0.25) is 5.15 Å². The van der Waals surface area contributed by atoms with Crippen LogP contribution in [0.5, 0.6) is 5.75 Å². The van der Waals surface area contributed by atoms with Gasteiger partial charge in [-0.25, -0.2) is 4.98 Å². The lowest BCUT2D eigenvalue weighted by Gasteiger charge is -2.41. The number of carbonyl (C=O) groups excluding carboxylic acids is 1. The molecule has 1 aliphatic heterocycles. The van der Waals surface area contributed by atoms with Crippen molar-refractivity contribution in [2.24, 2.45) is 0 Å². The van der Waals surface area contributed by atoms with Crippen molar-refractivity contribution in [3.63, 3.8) is 0 Å². The number of hydrogen-bond acceptors (Lipinski definition) is 8. The predicted octanol–water partition coefficient (Wildman–Crippen LogP) is 3.59. The van der Waals surface area contributed by atoms with Crippen molar-refractivity contribution in [2.75, 3.05) is 26.8 Å². The number of para-hydroxylation sites is 1. The Hall–Kier alpha value is -3.17. The minimum absolute atomic E-state index is 0.0933. The molecule has 1 unspecified atom stereocenters. The first-order valence-electron chi connectivity index (χ1n) is 10.7. The SMILES string of the molecule is CCN(Cc1ccc(Cl)nc1)C1=C([N+](=O)[O-])CN(C(C)CC(=O)Oc2ccccc2)CN1C. The van der Waals surface area contributed by atoms with Gasteiger partial charge in [-0.05, 0) is 37.6 Å². The first-order valence-corrected chi connectivity index (χ1v) is 11.1. The molecule has 1 aromatic carbocycles. The lowest BCUT2D eigenvalue weighted by Crippen LogP contribution is -2.51. The maximum absolute atomic E-state index is 12.4. The molecule has 9 nitrogen and oxygen atoms in total. The molecule has 0 amide bonds. The average Bonchev–Trinajstić information content (AvgIpc) is 2.79. The van der Waals surface area contributed by atoms with E-state index in [9.17, 15) is 14.9 Å². The van der Waals surface area contributed by atoms with Crippen molar-refractivity contribution < 1.29 is 14.5 Å². The molecule has 2 aromatic rings. The molecule has 33 heavy (non-hydrogen) atoms. The van der Waals surface area contributed by atoms with Gasteiger partial charge in [0, 0.05) is 32.4 Å². The summed E-state index contributed by atoms with van der Waals surface area (Å²) in [6.07, 6.45) is 1.80. The fraction of sp³-hybridized carbons (Fsp3) is 0.391. The number of benzene rings is 1. The van der Waals surface area contributed by atoms with Gasteiger partial charge in [0.15, 0.2) is 5.82 Å². The molecule has 0 saturated carbocycles. The monoisotopic (exact) mass is 473 g/mol. The lowest BCUT2D eigenvalue weighted by atomic mass is 10.1. The van der Waals surface area contributed by atoms with Crippen LogP contribution in [0.1, 0.15) is 25.8 Å². The highest BCUT2D eigenvalue weighted by Gasteiger charge is 2.36. The van der Waals surface area contributed by atoms with E-state index in [0.29, 0.717) is 36.5 Å². The third-order valence-electron chi connectivity index (χ3n) is 5.49. The van der Waals surface area contributed by atoms with Gasteiger partial charge in [-0.2, -0.15) is 0 Å². The molecule has 1 aromatic heterocycles. The maximum atomic E-state index is 12.4. The van der Waals surface area contributed by atoms with Crippen LogP contribution in [0.3, 0.4) is 0 Å². The van der Waals surface area contributed by atoms with Crippen molar-refractivity contribution in [3.8, 4) is 5.75 Å². The van der Waals surface area contributed by atoms with Crippen molar-refractivity contribution in [2.45, 2.75) is 32.9 Å². The summed E-state index contributed by atoms with van der Waals surface area (Å²) < 4.78 is 5.38. The second-order valence-electron chi connectivity index (χ2n) is 7.96. The zero-order valence-electron chi connectivity index (χ0n) is 19.0. The number of rotatable bonds is 9. The molecule has 0 spiro atoms. The highest BCUT2D eigenvalue weighted by molar-refractivity contribution is 6.29. The normalized spacial score (nSPS) is 15.3. The number of halogens is 1. The van der Waals surface area contributed by atoms with E-state index in [2.05, 4.69) is 4.98 Å². The molecule has 0 radical (unpaired) electrons. The summed E-state index contributed by atoms with van der Waals surface area (Å²) in [4.78, 5) is 33.9. The molecule has 176 valence electrons. The van der Waals surface area contributed by atoms with Crippen molar-refractivity contribution in [1.29, 1.82) is 0 Å². The van der Waals surface area contributed by atoms with E-state index in [0.717, 1.165) is 5.56 Å². The third-order valence-corrected chi connectivity index (χ3v) is 5.71. The largest absolute Gasteiger partial charge is 0.426 e. The number of pyridine rings is 1. The van der Waals surface area contributed by atoms with Gasteiger partial charge in [-0.1, -0.05) is 35.9 Å². The van der Waals surface area contributed by atoms with E-state index in [4.69, 9.17) is 16.3 Å². The molecule has 0 saturated heterocycles. The number of nitro groups is 1. The second kappa shape index (κ2) is 11.1. The number of esters is 1. The van der Waals surface area contributed by atoms with Crippen molar-refractivity contribution in [1.82, 2.24) is 19.7 Å². The van der Waals surface area contributed by atoms with E-state index in [-0.39, 0.29) is 35.6 Å². The summed E-state index contributed by atoms with van der Waals surface area (Å²) in [7, 11) is 1.82. The first kappa shape index (κ1) is 24.5. The van der Waals surface area contributed by atoms with Crippen molar-refractivity contribution >= 4 is 17.6 Å². The topological polar surface area (TPSA) is 92.0 Å². The summed E-state index contributed by atoms with van der Waals surface area (Å²) in [6, 6.07) is 12.2. The Morgan fingerprint density at radius 2 is 2.03 bits per heavy atom.